The van der Waals surface area contributed by atoms with Gasteiger partial charge in [0, 0.05) is 56.6 Å². The van der Waals surface area contributed by atoms with E-state index in [2.05, 4.69) is 26.7 Å². The van der Waals surface area contributed by atoms with Crippen molar-refractivity contribution in [2.24, 2.45) is 0 Å². The summed E-state index contributed by atoms with van der Waals surface area (Å²) in [5.41, 5.74) is 3.23. The predicted octanol–water partition coefficient (Wildman–Crippen LogP) is 2.91. The Balaban J connectivity index is 1.29. The standard InChI is InChI=1S/C26H34N8O2/c1-31-10-12-33(13-11-31)26-29-23(22-24(30-26)34(18-27-22)21-4-2-3-5-21)28-20-8-6-19(7-9-20)25(35)32-14-16-36-17-15-32/h6-9,18,21H,2-5,10-17H2,1H3,(H,28,29,30). The van der Waals surface area contributed by atoms with E-state index in [-0.39, 0.29) is 5.91 Å². The van der Waals surface area contributed by atoms with Crippen LogP contribution in [0, 0.1) is 0 Å². The third-order valence-electron chi connectivity index (χ3n) is 7.61. The number of piperazine rings is 1. The van der Waals surface area contributed by atoms with Gasteiger partial charge >= 0.3 is 0 Å². The molecule has 0 bridgehead atoms. The minimum absolute atomic E-state index is 0.0435. The summed E-state index contributed by atoms with van der Waals surface area (Å²) >= 11 is 0. The van der Waals surface area contributed by atoms with E-state index in [4.69, 9.17) is 19.7 Å². The number of nitrogens with zero attached hydrogens (tertiary/aromatic N) is 7. The van der Waals surface area contributed by atoms with Crippen LogP contribution >= 0.6 is 0 Å². The molecule has 1 amide bonds. The number of amides is 1. The zero-order chi connectivity index (χ0) is 24.5. The average Bonchev–Trinajstić information content (AvgIpc) is 3.60. The number of morpholine rings is 1. The zero-order valence-corrected chi connectivity index (χ0v) is 20.9. The quantitative estimate of drug-likeness (QED) is 0.584. The van der Waals surface area contributed by atoms with E-state index in [1.807, 2.05) is 35.5 Å². The highest BCUT2D eigenvalue weighted by Crippen LogP contribution is 2.34. The van der Waals surface area contributed by atoms with Gasteiger partial charge in [0.15, 0.2) is 17.0 Å². The molecule has 0 spiro atoms. The van der Waals surface area contributed by atoms with Crippen LogP contribution in [0.5, 0.6) is 0 Å². The number of imidazole rings is 1. The van der Waals surface area contributed by atoms with Crippen molar-refractivity contribution in [1.29, 1.82) is 0 Å². The van der Waals surface area contributed by atoms with E-state index >= 15 is 0 Å². The molecule has 190 valence electrons. The molecule has 36 heavy (non-hydrogen) atoms. The molecule has 4 heterocycles. The monoisotopic (exact) mass is 490 g/mol. The fourth-order valence-corrected chi connectivity index (χ4v) is 5.37. The molecule has 0 unspecified atom stereocenters. The van der Waals surface area contributed by atoms with Crippen molar-refractivity contribution in [3.05, 3.63) is 36.2 Å². The number of hydrogen-bond donors (Lipinski definition) is 1. The highest BCUT2D eigenvalue weighted by atomic mass is 16.5. The molecule has 2 saturated heterocycles. The van der Waals surface area contributed by atoms with Crippen LogP contribution < -0.4 is 10.2 Å². The van der Waals surface area contributed by atoms with Crippen molar-refractivity contribution in [2.45, 2.75) is 31.7 Å². The molecule has 2 aromatic heterocycles. The Morgan fingerprint density at radius 2 is 1.69 bits per heavy atom. The van der Waals surface area contributed by atoms with Crippen LogP contribution in [-0.4, -0.2) is 94.8 Å². The summed E-state index contributed by atoms with van der Waals surface area (Å²) in [6, 6.07) is 8.06. The van der Waals surface area contributed by atoms with Gasteiger partial charge in [0.25, 0.3) is 5.91 Å². The first kappa shape index (κ1) is 23.2. The van der Waals surface area contributed by atoms with Crippen LogP contribution in [0.4, 0.5) is 17.5 Å². The lowest BCUT2D eigenvalue weighted by Gasteiger charge is -2.32. The van der Waals surface area contributed by atoms with E-state index in [0.29, 0.717) is 43.7 Å². The molecule has 10 heteroatoms. The lowest BCUT2D eigenvalue weighted by molar-refractivity contribution is 0.0303. The van der Waals surface area contributed by atoms with E-state index in [9.17, 15) is 4.79 Å². The molecule has 3 fully saturated rings. The number of hydrogen-bond acceptors (Lipinski definition) is 8. The van der Waals surface area contributed by atoms with Crippen molar-refractivity contribution in [1.82, 2.24) is 29.3 Å². The van der Waals surface area contributed by atoms with Crippen molar-refractivity contribution in [3.8, 4) is 0 Å². The second-order valence-corrected chi connectivity index (χ2v) is 10.0. The summed E-state index contributed by atoms with van der Waals surface area (Å²) < 4.78 is 7.62. The maximum atomic E-state index is 12.8. The van der Waals surface area contributed by atoms with E-state index in [1.54, 1.807) is 0 Å². The summed E-state index contributed by atoms with van der Waals surface area (Å²) in [4.78, 5) is 34.0. The SMILES string of the molecule is CN1CCN(c2nc(Nc3ccc(C(=O)N4CCOCC4)cc3)c3ncn(C4CCCC4)c3n2)CC1. The highest BCUT2D eigenvalue weighted by Gasteiger charge is 2.25. The summed E-state index contributed by atoms with van der Waals surface area (Å²) in [7, 11) is 2.15. The number of likely N-dealkylation sites (N-methyl/N-ethyl adjacent to an activating group) is 1. The lowest BCUT2D eigenvalue weighted by atomic mass is 10.1. The molecule has 6 rings (SSSR count). The number of nitrogens with one attached hydrogen (secondary N) is 1. The molecular formula is C26H34N8O2. The predicted molar refractivity (Wildman–Crippen MR) is 139 cm³/mol. The summed E-state index contributed by atoms with van der Waals surface area (Å²) in [5.74, 6) is 1.50. The number of fused-ring (bicyclic) bond motifs is 1. The minimum Gasteiger partial charge on any atom is -0.378 e. The van der Waals surface area contributed by atoms with Gasteiger partial charge in [-0.15, -0.1) is 0 Å². The van der Waals surface area contributed by atoms with Crippen LogP contribution in [0.2, 0.25) is 0 Å². The van der Waals surface area contributed by atoms with Gasteiger partial charge < -0.3 is 29.3 Å². The molecule has 3 aliphatic rings. The van der Waals surface area contributed by atoms with Gasteiger partial charge in [0.1, 0.15) is 0 Å². The Morgan fingerprint density at radius 1 is 0.972 bits per heavy atom. The number of aromatic nitrogens is 4. The molecule has 2 aliphatic heterocycles. The Kier molecular flexibility index (Phi) is 6.45. The number of ether oxygens (including phenoxy) is 1. The maximum absolute atomic E-state index is 12.8. The largest absolute Gasteiger partial charge is 0.378 e. The Hall–Kier alpha value is -3.24. The maximum Gasteiger partial charge on any atom is 0.254 e. The second kappa shape index (κ2) is 10.0. The van der Waals surface area contributed by atoms with Crippen LogP contribution in [0.3, 0.4) is 0 Å². The van der Waals surface area contributed by atoms with Gasteiger partial charge in [-0.3, -0.25) is 4.79 Å². The van der Waals surface area contributed by atoms with Gasteiger partial charge in [-0.05, 0) is 44.2 Å². The topological polar surface area (TPSA) is 91.6 Å². The lowest BCUT2D eigenvalue weighted by Crippen LogP contribution is -2.45. The number of carbonyl (C=O) groups excluding carboxylic acids is 1. The third-order valence-corrected chi connectivity index (χ3v) is 7.61. The molecule has 0 radical (unpaired) electrons. The molecule has 3 aromatic rings. The Labute approximate surface area is 211 Å². The van der Waals surface area contributed by atoms with Crippen LogP contribution in [-0.2, 0) is 4.74 Å². The van der Waals surface area contributed by atoms with Crippen molar-refractivity contribution >= 4 is 34.5 Å². The number of carbonyl (C=O) groups is 1. The first-order valence-electron chi connectivity index (χ1n) is 13.1. The van der Waals surface area contributed by atoms with E-state index in [1.165, 1.54) is 25.7 Å². The molecule has 1 saturated carbocycles. The first-order chi connectivity index (χ1) is 17.7. The Morgan fingerprint density at radius 3 is 2.42 bits per heavy atom. The molecule has 0 atom stereocenters. The molecular weight excluding hydrogens is 456 g/mol. The van der Waals surface area contributed by atoms with E-state index in [0.717, 1.165) is 49.0 Å². The van der Waals surface area contributed by atoms with Gasteiger partial charge in [-0.2, -0.15) is 9.97 Å². The van der Waals surface area contributed by atoms with Gasteiger partial charge in [0.2, 0.25) is 5.95 Å². The summed E-state index contributed by atoms with van der Waals surface area (Å²) in [6.45, 7) is 6.24. The zero-order valence-electron chi connectivity index (χ0n) is 20.9. The number of benzene rings is 1. The van der Waals surface area contributed by atoms with Gasteiger partial charge in [0.05, 0.1) is 19.5 Å². The number of anilines is 3. The molecule has 1 aliphatic carbocycles. The highest BCUT2D eigenvalue weighted by molar-refractivity contribution is 5.95. The summed E-state index contributed by atoms with van der Waals surface area (Å²) in [5, 5.41) is 3.48. The van der Waals surface area contributed by atoms with Gasteiger partial charge in [-0.1, -0.05) is 12.8 Å². The van der Waals surface area contributed by atoms with Gasteiger partial charge in [-0.25, -0.2) is 4.98 Å². The van der Waals surface area contributed by atoms with Crippen LogP contribution in [0.25, 0.3) is 11.2 Å². The van der Waals surface area contributed by atoms with Crippen molar-refractivity contribution in [2.75, 3.05) is 69.7 Å². The van der Waals surface area contributed by atoms with Crippen LogP contribution in [0.1, 0.15) is 42.1 Å². The van der Waals surface area contributed by atoms with E-state index < -0.39 is 0 Å². The fourth-order valence-electron chi connectivity index (χ4n) is 5.37. The molecule has 1 aromatic carbocycles. The molecule has 1 N–H and O–H groups in total. The summed E-state index contributed by atoms with van der Waals surface area (Å²) in [6.07, 6.45) is 6.77. The smallest absolute Gasteiger partial charge is 0.254 e. The average molecular weight is 491 g/mol. The normalized spacial score (nSPS) is 19.8. The fraction of sp³-hybridized carbons (Fsp3) is 0.538. The van der Waals surface area contributed by atoms with Crippen molar-refractivity contribution < 1.29 is 9.53 Å². The van der Waals surface area contributed by atoms with Crippen molar-refractivity contribution in [3.63, 3.8) is 0 Å². The molecule has 10 nitrogen and oxygen atoms in total. The number of rotatable bonds is 5. The third kappa shape index (κ3) is 4.62. The second-order valence-electron chi connectivity index (χ2n) is 10.0. The first-order valence-corrected chi connectivity index (χ1v) is 13.1. The Bertz CT molecular complexity index is 1210. The minimum atomic E-state index is 0.0435. The van der Waals surface area contributed by atoms with Crippen LogP contribution in [0.15, 0.2) is 30.6 Å².